The third-order valence-electron chi connectivity index (χ3n) is 2.80. The maximum Gasteiger partial charge on any atom is 0.325 e. The third-order valence-corrected chi connectivity index (χ3v) is 3.06. The highest BCUT2D eigenvalue weighted by molar-refractivity contribution is 6.30. The average molecular weight is 286 g/mol. The van der Waals surface area contributed by atoms with Crippen LogP contribution in [0.2, 0.25) is 5.02 Å². The van der Waals surface area contributed by atoms with Crippen molar-refractivity contribution in [1.29, 1.82) is 0 Å². The van der Waals surface area contributed by atoms with Crippen molar-refractivity contribution in [3.8, 4) is 0 Å². The van der Waals surface area contributed by atoms with E-state index in [1.54, 1.807) is 36.1 Å². The lowest BCUT2D eigenvalue weighted by Gasteiger charge is -2.27. The van der Waals surface area contributed by atoms with E-state index >= 15 is 0 Å². The molecule has 0 radical (unpaired) electrons. The van der Waals surface area contributed by atoms with Gasteiger partial charge in [0.25, 0.3) is 0 Å². The predicted molar refractivity (Wildman–Crippen MR) is 71.3 cm³/mol. The summed E-state index contributed by atoms with van der Waals surface area (Å²) in [4.78, 5) is 23.6. The summed E-state index contributed by atoms with van der Waals surface area (Å²) >= 11 is 5.77. The van der Waals surface area contributed by atoms with Crippen LogP contribution in [0.3, 0.4) is 0 Å². The van der Waals surface area contributed by atoms with Gasteiger partial charge in [-0.05, 0) is 24.2 Å². The number of hydrogen-bond donors (Lipinski definition) is 2. The van der Waals surface area contributed by atoms with Crippen molar-refractivity contribution in [2.45, 2.75) is 19.4 Å². The van der Waals surface area contributed by atoms with Gasteiger partial charge >= 0.3 is 11.9 Å². The molecule has 0 aliphatic rings. The highest BCUT2D eigenvalue weighted by Crippen LogP contribution is 2.23. The minimum Gasteiger partial charge on any atom is -0.481 e. The molecule has 104 valence electrons. The van der Waals surface area contributed by atoms with E-state index in [0.717, 1.165) is 0 Å². The molecule has 5 nitrogen and oxygen atoms in total. The standard InChI is InChI=1S/C13H16ClNO4/c1-2-15(8-7-11(16)17)12(13(18)19)9-3-5-10(14)6-4-9/h3-6,12H,2,7-8H2,1H3,(H,16,17)(H,18,19). The van der Waals surface area contributed by atoms with Crippen LogP contribution >= 0.6 is 11.6 Å². The monoisotopic (exact) mass is 285 g/mol. The molecule has 0 saturated heterocycles. The molecule has 0 aromatic heterocycles. The molecule has 0 fully saturated rings. The third kappa shape index (κ3) is 4.54. The van der Waals surface area contributed by atoms with Crippen molar-refractivity contribution >= 4 is 23.5 Å². The van der Waals surface area contributed by atoms with E-state index in [4.69, 9.17) is 16.7 Å². The van der Waals surface area contributed by atoms with Crippen LogP contribution in [0, 0.1) is 0 Å². The number of hydrogen-bond acceptors (Lipinski definition) is 3. The Hall–Kier alpha value is -1.59. The van der Waals surface area contributed by atoms with Crippen LogP contribution in [-0.4, -0.2) is 40.1 Å². The molecule has 0 aliphatic heterocycles. The van der Waals surface area contributed by atoms with E-state index in [-0.39, 0.29) is 13.0 Å². The van der Waals surface area contributed by atoms with E-state index in [1.807, 2.05) is 0 Å². The summed E-state index contributed by atoms with van der Waals surface area (Å²) in [6, 6.07) is 5.67. The summed E-state index contributed by atoms with van der Waals surface area (Å²) in [6.45, 7) is 2.44. The van der Waals surface area contributed by atoms with Gasteiger partial charge in [-0.3, -0.25) is 14.5 Å². The maximum atomic E-state index is 11.4. The molecule has 1 rings (SSSR count). The van der Waals surface area contributed by atoms with E-state index < -0.39 is 18.0 Å². The Labute approximate surface area is 116 Å². The SMILES string of the molecule is CCN(CCC(=O)O)C(C(=O)O)c1ccc(Cl)cc1. The lowest BCUT2D eigenvalue weighted by Crippen LogP contribution is -2.35. The Balaban J connectivity index is 2.94. The zero-order valence-electron chi connectivity index (χ0n) is 10.5. The molecule has 2 N–H and O–H groups in total. The van der Waals surface area contributed by atoms with Gasteiger partial charge in [-0.2, -0.15) is 0 Å². The number of halogens is 1. The fourth-order valence-electron chi connectivity index (χ4n) is 1.86. The summed E-state index contributed by atoms with van der Waals surface area (Å²) in [6.07, 6.45) is -0.0921. The fraction of sp³-hybridized carbons (Fsp3) is 0.385. The van der Waals surface area contributed by atoms with Gasteiger partial charge in [-0.25, -0.2) is 0 Å². The van der Waals surface area contributed by atoms with Gasteiger partial charge in [0.1, 0.15) is 6.04 Å². The molecule has 1 atom stereocenters. The molecular formula is C13H16ClNO4. The lowest BCUT2D eigenvalue weighted by molar-refractivity contribution is -0.145. The molecule has 1 aromatic rings. The summed E-state index contributed by atoms with van der Waals surface area (Å²) in [5.41, 5.74) is 0.587. The normalized spacial score (nSPS) is 12.4. The molecule has 0 bridgehead atoms. The van der Waals surface area contributed by atoms with Crippen LogP contribution in [0.5, 0.6) is 0 Å². The van der Waals surface area contributed by atoms with Crippen molar-refractivity contribution in [1.82, 2.24) is 4.90 Å². The van der Waals surface area contributed by atoms with Gasteiger partial charge in [-0.15, -0.1) is 0 Å². The number of aliphatic carboxylic acids is 2. The van der Waals surface area contributed by atoms with Gasteiger partial charge in [0.05, 0.1) is 6.42 Å². The van der Waals surface area contributed by atoms with Gasteiger partial charge in [0, 0.05) is 11.6 Å². The molecule has 19 heavy (non-hydrogen) atoms. The van der Waals surface area contributed by atoms with Crippen LogP contribution in [0.15, 0.2) is 24.3 Å². The number of rotatable bonds is 7. The number of benzene rings is 1. The Morgan fingerprint density at radius 1 is 1.26 bits per heavy atom. The van der Waals surface area contributed by atoms with Gasteiger partial charge in [-0.1, -0.05) is 30.7 Å². The minimum atomic E-state index is -1.01. The molecular weight excluding hydrogens is 270 g/mol. The molecule has 1 unspecified atom stereocenters. The molecule has 0 heterocycles. The van der Waals surface area contributed by atoms with Crippen molar-refractivity contribution in [3.63, 3.8) is 0 Å². The fourth-order valence-corrected chi connectivity index (χ4v) is 1.99. The summed E-state index contributed by atoms with van der Waals surface area (Å²) < 4.78 is 0. The van der Waals surface area contributed by atoms with Crippen molar-refractivity contribution in [2.24, 2.45) is 0 Å². The smallest absolute Gasteiger partial charge is 0.325 e. The van der Waals surface area contributed by atoms with E-state index in [9.17, 15) is 14.7 Å². The maximum absolute atomic E-state index is 11.4. The topological polar surface area (TPSA) is 77.8 Å². The number of likely N-dealkylation sites (N-methyl/N-ethyl adjacent to an activating group) is 1. The highest BCUT2D eigenvalue weighted by Gasteiger charge is 2.26. The van der Waals surface area contributed by atoms with Gasteiger partial charge < -0.3 is 10.2 Å². The molecule has 0 aliphatic carbocycles. The van der Waals surface area contributed by atoms with Crippen LogP contribution < -0.4 is 0 Å². The van der Waals surface area contributed by atoms with Crippen LogP contribution in [0.4, 0.5) is 0 Å². The Morgan fingerprint density at radius 2 is 1.84 bits per heavy atom. The Kier molecular flexibility index (Phi) is 5.79. The van der Waals surface area contributed by atoms with E-state index in [2.05, 4.69) is 0 Å². The van der Waals surface area contributed by atoms with Crippen LogP contribution in [0.1, 0.15) is 24.9 Å². The van der Waals surface area contributed by atoms with Gasteiger partial charge in [0.2, 0.25) is 0 Å². The second-order valence-corrected chi connectivity index (χ2v) is 4.50. The van der Waals surface area contributed by atoms with Crippen LogP contribution in [-0.2, 0) is 9.59 Å². The van der Waals surface area contributed by atoms with Crippen molar-refractivity contribution in [2.75, 3.05) is 13.1 Å². The minimum absolute atomic E-state index is 0.0921. The van der Waals surface area contributed by atoms with Gasteiger partial charge in [0.15, 0.2) is 0 Å². The van der Waals surface area contributed by atoms with Crippen molar-refractivity contribution < 1.29 is 19.8 Å². The first-order valence-electron chi connectivity index (χ1n) is 5.89. The largest absolute Gasteiger partial charge is 0.481 e. The van der Waals surface area contributed by atoms with Crippen LogP contribution in [0.25, 0.3) is 0 Å². The average Bonchev–Trinajstić information content (AvgIpc) is 2.35. The summed E-state index contributed by atoms with van der Waals surface area (Å²) in [7, 11) is 0. The molecule has 0 spiro atoms. The summed E-state index contributed by atoms with van der Waals surface area (Å²) in [5.74, 6) is -1.95. The lowest BCUT2D eigenvalue weighted by atomic mass is 10.1. The molecule has 1 aromatic carbocycles. The summed E-state index contributed by atoms with van der Waals surface area (Å²) in [5, 5.41) is 18.6. The molecule has 6 heteroatoms. The molecule has 0 amide bonds. The zero-order valence-corrected chi connectivity index (χ0v) is 11.3. The predicted octanol–water partition coefficient (Wildman–Crippen LogP) is 2.26. The zero-order chi connectivity index (χ0) is 14.4. The second kappa shape index (κ2) is 7.11. The van der Waals surface area contributed by atoms with E-state index in [1.165, 1.54) is 0 Å². The molecule has 0 saturated carbocycles. The first kappa shape index (κ1) is 15.5. The first-order chi connectivity index (χ1) is 8.95. The first-order valence-corrected chi connectivity index (χ1v) is 6.27. The quantitative estimate of drug-likeness (QED) is 0.803. The van der Waals surface area contributed by atoms with Crippen molar-refractivity contribution in [3.05, 3.63) is 34.9 Å². The second-order valence-electron chi connectivity index (χ2n) is 4.06. The number of carboxylic acids is 2. The Bertz CT molecular complexity index is 446. The Morgan fingerprint density at radius 3 is 2.26 bits per heavy atom. The number of carboxylic acid groups (broad SMARTS) is 2. The number of carbonyl (C=O) groups is 2. The number of nitrogens with zero attached hydrogens (tertiary/aromatic N) is 1. The highest BCUT2D eigenvalue weighted by atomic mass is 35.5. The van der Waals surface area contributed by atoms with E-state index in [0.29, 0.717) is 17.1 Å².